The number of thiazole rings is 1. The maximum absolute atomic E-state index is 12.0. The number of hydrogen-bond acceptors (Lipinski definition) is 4. The number of rotatable bonds is 6. The number of piperidine rings is 1. The molecule has 21 heavy (non-hydrogen) atoms. The van der Waals surface area contributed by atoms with Crippen molar-refractivity contribution in [2.75, 3.05) is 19.6 Å². The highest BCUT2D eigenvalue weighted by Gasteiger charge is 2.22. The summed E-state index contributed by atoms with van der Waals surface area (Å²) >= 11 is 1.59. The number of likely N-dealkylation sites (tertiary alicyclic amines) is 1. The zero-order chi connectivity index (χ0) is 15.1. The molecular formula is C14H21N3O3S. The van der Waals surface area contributed by atoms with Gasteiger partial charge in [-0.25, -0.2) is 9.78 Å². The minimum absolute atomic E-state index is 0.0248. The zero-order valence-corrected chi connectivity index (χ0v) is 12.8. The number of carboxylic acid groups (broad SMARTS) is 1. The molecule has 2 heterocycles. The average Bonchev–Trinajstić information content (AvgIpc) is 2.99. The van der Waals surface area contributed by atoms with Crippen LogP contribution in [0.3, 0.4) is 0 Å². The highest BCUT2D eigenvalue weighted by atomic mass is 32.1. The van der Waals surface area contributed by atoms with E-state index < -0.39 is 5.97 Å². The fourth-order valence-corrected chi connectivity index (χ4v) is 3.14. The van der Waals surface area contributed by atoms with Crippen molar-refractivity contribution in [2.24, 2.45) is 5.92 Å². The predicted molar refractivity (Wildman–Crippen MR) is 80.4 cm³/mol. The molecule has 0 saturated carbocycles. The molecule has 7 heteroatoms. The average molecular weight is 311 g/mol. The Bertz CT molecular complexity index is 456. The lowest BCUT2D eigenvalue weighted by Gasteiger charge is -2.31. The largest absolute Gasteiger partial charge is 0.481 e. The number of aliphatic carboxylic acids is 1. The van der Waals surface area contributed by atoms with E-state index in [0.29, 0.717) is 25.6 Å². The third-order valence-electron chi connectivity index (χ3n) is 3.77. The highest BCUT2D eigenvalue weighted by Crippen LogP contribution is 2.21. The van der Waals surface area contributed by atoms with Crippen LogP contribution >= 0.6 is 11.3 Å². The SMILES string of the molecule is O=C(O)CCC1CCN(C(=O)NCCc2nccs2)CC1. The lowest BCUT2D eigenvalue weighted by Crippen LogP contribution is -2.45. The van der Waals surface area contributed by atoms with Gasteiger partial charge in [-0.05, 0) is 25.2 Å². The van der Waals surface area contributed by atoms with E-state index >= 15 is 0 Å². The van der Waals surface area contributed by atoms with Crippen molar-refractivity contribution in [2.45, 2.75) is 32.1 Å². The van der Waals surface area contributed by atoms with Crippen molar-refractivity contribution < 1.29 is 14.7 Å². The van der Waals surface area contributed by atoms with Gasteiger partial charge in [0, 0.05) is 44.1 Å². The molecule has 116 valence electrons. The number of aromatic nitrogens is 1. The number of carboxylic acids is 1. The smallest absolute Gasteiger partial charge is 0.317 e. The van der Waals surface area contributed by atoms with Gasteiger partial charge in [-0.2, -0.15) is 0 Å². The molecule has 0 aromatic carbocycles. The van der Waals surface area contributed by atoms with Crippen LogP contribution in [0.25, 0.3) is 0 Å². The molecule has 1 saturated heterocycles. The third-order valence-corrected chi connectivity index (χ3v) is 4.61. The van der Waals surface area contributed by atoms with E-state index in [0.717, 1.165) is 30.7 Å². The standard InChI is InChI=1S/C14H21N3O3S/c18-13(19)2-1-11-4-8-17(9-5-11)14(20)16-6-3-12-15-7-10-21-12/h7,10-11H,1-6,8-9H2,(H,16,20)(H,18,19). The van der Waals surface area contributed by atoms with Crippen molar-refractivity contribution in [3.8, 4) is 0 Å². The van der Waals surface area contributed by atoms with Gasteiger partial charge in [-0.1, -0.05) is 0 Å². The van der Waals surface area contributed by atoms with Crippen LogP contribution in [-0.2, 0) is 11.2 Å². The fourth-order valence-electron chi connectivity index (χ4n) is 2.52. The number of carbonyl (C=O) groups excluding carboxylic acids is 1. The minimum atomic E-state index is -0.739. The molecule has 1 fully saturated rings. The summed E-state index contributed by atoms with van der Waals surface area (Å²) in [5, 5.41) is 14.6. The first kappa shape index (κ1) is 15.8. The summed E-state index contributed by atoms with van der Waals surface area (Å²) in [5.41, 5.74) is 0. The molecule has 2 N–H and O–H groups in total. The van der Waals surface area contributed by atoms with Crippen LogP contribution in [0.5, 0.6) is 0 Å². The first-order chi connectivity index (χ1) is 10.1. The second kappa shape index (κ2) is 7.97. The van der Waals surface area contributed by atoms with Gasteiger partial charge >= 0.3 is 12.0 Å². The number of nitrogens with one attached hydrogen (secondary N) is 1. The Morgan fingerprint density at radius 1 is 1.43 bits per heavy atom. The molecular weight excluding hydrogens is 290 g/mol. The van der Waals surface area contributed by atoms with Crippen LogP contribution in [-0.4, -0.2) is 46.6 Å². The minimum Gasteiger partial charge on any atom is -0.481 e. The zero-order valence-electron chi connectivity index (χ0n) is 12.0. The molecule has 0 aliphatic carbocycles. The monoisotopic (exact) mass is 311 g/mol. The number of nitrogens with zero attached hydrogens (tertiary/aromatic N) is 2. The first-order valence-electron chi connectivity index (χ1n) is 7.28. The summed E-state index contributed by atoms with van der Waals surface area (Å²) in [4.78, 5) is 28.5. The molecule has 0 bridgehead atoms. The maximum Gasteiger partial charge on any atom is 0.317 e. The second-order valence-electron chi connectivity index (χ2n) is 5.27. The molecule has 0 spiro atoms. The molecule has 6 nitrogen and oxygen atoms in total. The number of urea groups is 1. The topological polar surface area (TPSA) is 82.5 Å². The predicted octanol–water partition coefficient (Wildman–Crippen LogP) is 1.97. The van der Waals surface area contributed by atoms with Gasteiger partial charge in [-0.15, -0.1) is 11.3 Å². The maximum atomic E-state index is 12.0. The molecule has 1 aromatic heterocycles. The molecule has 1 aliphatic rings. The van der Waals surface area contributed by atoms with E-state index in [2.05, 4.69) is 10.3 Å². The molecule has 2 amide bonds. The second-order valence-corrected chi connectivity index (χ2v) is 6.25. The quantitative estimate of drug-likeness (QED) is 0.841. The van der Waals surface area contributed by atoms with E-state index in [-0.39, 0.29) is 12.5 Å². The van der Waals surface area contributed by atoms with Crippen LogP contribution in [0.1, 0.15) is 30.7 Å². The van der Waals surface area contributed by atoms with Crippen molar-refractivity contribution in [3.63, 3.8) is 0 Å². The molecule has 0 atom stereocenters. The summed E-state index contributed by atoms with van der Waals surface area (Å²) in [6, 6.07) is -0.0248. The van der Waals surface area contributed by atoms with E-state index in [1.807, 2.05) is 10.3 Å². The van der Waals surface area contributed by atoms with Crippen LogP contribution in [0.4, 0.5) is 4.79 Å². The van der Waals surface area contributed by atoms with Gasteiger partial charge in [0.05, 0.1) is 5.01 Å². The van der Waals surface area contributed by atoms with Crippen molar-refractivity contribution in [3.05, 3.63) is 16.6 Å². The Balaban J connectivity index is 1.62. The number of hydrogen-bond donors (Lipinski definition) is 2. The van der Waals surface area contributed by atoms with E-state index in [1.54, 1.807) is 17.5 Å². The number of amides is 2. The normalized spacial score (nSPS) is 15.9. The number of carbonyl (C=O) groups is 2. The van der Waals surface area contributed by atoms with Crippen LogP contribution < -0.4 is 5.32 Å². The lowest BCUT2D eigenvalue weighted by atomic mass is 9.92. The Kier molecular flexibility index (Phi) is 5.98. The van der Waals surface area contributed by atoms with E-state index in [1.165, 1.54) is 0 Å². The van der Waals surface area contributed by atoms with Crippen LogP contribution in [0.15, 0.2) is 11.6 Å². The Hall–Kier alpha value is -1.63. The van der Waals surface area contributed by atoms with Crippen molar-refractivity contribution >= 4 is 23.3 Å². The Morgan fingerprint density at radius 2 is 2.19 bits per heavy atom. The first-order valence-corrected chi connectivity index (χ1v) is 8.16. The third kappa shape index (κ3) is 5.34. The van der Waals surface area contributed by atoms with E-state index in [4.69, 9.17) is 5.11 Å². The molecule has 1 aliphatic heterocycles. The van der Waals surface area contributed by atoms with Gasteiger partial charge in [0.25, 0.3) is 0 Å². The van der Waals surface area contributed by atoms with E-state index in [9.17, 15) is 9.59 Å². The summed E-state index contributed by atoms with van der Waals surface area (Å²) in [6.45, 7) is 2.03. The molecule has 0 unspecified atom stereocenters. The highest BCUT2D eigenvalue weighted by molar-refractivity contribution is 7.09. The van der Waals surface area contributed by atoms with Gasteiger partial charge in [0.1, 0.15) is 0 Å². The van der Waals surface area contributed by atoms with Gasteiger partial charge < -0.3 is 15.3 Å². The molecule has 0 radical (unpaired) electrons. The molecule has 2 rings (SSSR count). The summed E-state index contributed by atoms with van der Waals surface area (Å²) in [5.74, 6) is -0.308. The summed E-state index contributed by atoms with van der Waals surface area (Å²) in [6.07, 6.45) is 5.27. The van der Waals surface area contributed by atoms with Crippen molar-refractivity contribution in [1.82, 2.24) is 15.2 Å². The van der Waals surface area contributed by atoms with Gasteiger partial charge in [0.15, 0.2) is 0 Å². The van der Waals surface area contributed by atoms with Gasteiger partial charge in [-0.3, -0.25) is 4.79 Å². The summed E-state index contributed by atoms with van der Waals surface area (Å²) in [7, 11) is 0. The Labute approximate surface area is 128 Å². The lowest BCUT2D eigenvalue weighted by molar-refractivity contribution is -0.137. The summed E-state index contributed by atoms with van der Waals surface area (Å²) < 4.78 is 0. The fraction of sp³-hybridized carbons (Fsp3) is 0.643. The van der Waals surface area contributed by atoms with Gasteiger partial charge in [0.2, 0.25) is 0 Å². The molecule has 1 aromatic rings. The van der Waals surface area contributed by atoms with Crippen LogP contribution in [0.2, 0.25) is 0 Å². The Morgan fingerprint density at radius 3 is 2.81 bits per heavy atom. The van der Waals surface area contributed by atoms with Crippen LogP contribution in [0, 0.1) is 5.92 Å². The van der Waals surface area contributed by atoms with Crippen molar-refractivity contribution in [1.29, 1.82) is 0 Å².